The number of nitrogens with zero attached hydrogens (tertiary/aromatic N) is 1. The number of benzene rings is 3. The van der Waals surface area contributed by atoms with Gasteiger partial charge in [-0.2, -0.15) is 0 Å². The summed E-state index contributed by atoms with van der Waals surface area (Å²) in [7, 11) is 0. The smallest absolute Gasteiger partial charge is 0.243 e. The van der Waals surface area contributed by atoms with Gasteiger partial charge in [0.2, 0.25) is 11.8 Å². The molecule has 0 aliphatic heterocycles. The molecule has 1 N–H and O–H groups in total. The van der Waals surface area contributed by atoms with Crippen LogP contribution in [0.4, 0.5) is 0 Å². The zero-order valence-corrected chi connectivity index (χ0v) is 22.0. The van der Waals surface area contributed by atoms with Crippen molar-refractivity contribution >= 4 is 39.5 Å². The summed E-state index contributed by atoms with van der Waals surface area (Å²) in [6.07, 6.45) is 0.461. The monoisotopic (exact) mass is 538 g/mol. The molecule has 0 radical (unpaired) electrons. The molecule has 0 aromatic heterocycles. The second-order valence-corrected chi connectivity index (χ2v) is 10.4. The van der Waals surface area contributed by atoms with Crippen molar-refractivity contribution < 1.29 is 9.59 Å². The van der Waals surface area contributed by atoms with Gasteiger partial charge < -0.3 is 10.2 Å². The van der Waals surface area contributed by atoms with Crippen molar-refractivity contribution in [3.05, 3.63) is 106 Å². The Morgan fingerprint density at radius 1 is 0.882 bits per heavy atom. The van der Waals surface area contributed by atoms with Crippen LogP contribution in [-0.2, 0) is 28.3 Å². The van der Waals surface area contributed by atoms with E-state index in [0.717, 1.165) is 21.4 Å². The van der Waals surface area contributed by atoms with E-state index < -0.39 is 6.04 Å². The third kappa shape index (κ3) is 8.33. The summed E-state index contributed by atoms with van der Waals surface area (Å²) < 4.78 is 0.946. The predicted molar refractivity (Wildman–Crippen MR) is 145 cm³/mol. The van der Waals surface area contributed by atoms with E-state index in [1.54, 1.807) is 16.7 Å². The first-order valence-electron chi connectivity index (χ1n) is 11.4. The van der Waals surface area contributed by atoms with Gasteiger partial charge in [0.15, 0.2) is 0 Å². The van der Waals surface area contributed by atoms with Crippen molar-refractivity contribution in [2.24, 2.45) is 0 Å². The van der Waals surface area contributed by atoms with E-state index in [4.69, 9.17) is 0 Å². The number of carbonyl (C=O) groups excluding carboxylic acids is 2. The topological polar surface area (TPSA) is 49.4 Å². The van der Waals surface area contributed by atoms with Crippen LogP contribution in [0, 0.1) is 0 Å². The Hall–Kier alpha value is -2.57. The molecule has 0 bridgehead atoms. The first-order chi connectivity index (χ1) is 16.4. The lowest BCUT2D eigenvalue weighted by Gasteiger charge is -2.32. The van der Waals surface area contributed by atoms with Crippen LogP contribution in [0.1, 0.15) is 30.5 Å². The van der Waals surface area contributed by atoms with Gasteiger partial charge in [-0.15, -0.1) is 11.8 Å². The third-order valence-corrected chi connectivity index (χ3v) is 6.76. The molecule has 0 unspecified atom stereocenters. The molecule has 0 saturated heterocycles. The Labute approximate surface area is 215 Å². The maximum atomic E-state index is 13.6. The van der Waals surface area contributed by atoms with Gasteiger partial charge in [-0.1, -0.05) is 88.7 Å². The lowest BCUT2D eigenvalue weighted by atomic mass is 10.0. The molecule has 0 fully saturated rings. The standard InChI is InChI=1S/C28H31BrN2O2S/c1-21(2)30-28(33)26(17-22-10-5-3-6-11-22)31(18-24-14-9-15-25(29)16-24)27(32)20-34-19-23-12-7-4-8-13-23/h3-16,21,26H,17-20H2,1-2H3,(H,30,33)/t26-/m0/s1. The average Bonchev–Trinajstić information content (AvgIpc) is 2.82. The minimum absolute atomic E-state index is 0.0129. The number of carbonyl (C=O) groups is 2. The summed E-state index contributed by atoms with van der Waals surface area (Å²) in [6, 6.07) is 27.3. The zero-order chi connectivity index (χ0) is 24.3. The largest absolute Gasteiger partial charge is 0.352 e. The highest BCUT2D eigenvalue weighted by atomic mass is 79.9. The van der Waals surface area contributed by atoms with Gasteiger partial charge >= 0.3 is 0 Å². The molecule has 0 aliphatic rings. The van der Waals surface area contributed by atoms with Gasteiger partial charge in [0, 0.05) is 29.2 Å². The highest BCUT2D eigenvalue weighted by Crippen LogP contribution is 2.20. The molecule has 0 spiro atoms. The first-order valence-corrected chi connectivity index (χ1v) is 13.4. The summed E-state index contributed by atoms with van der Waals surface area (Å²) in [5.74, 6) is 0.887. The number of hydrogen-bond acceptors (Lipinski definition) is 3. The molecule has 1 atom stereocenters. The average molecular weight is 540 g/mol. The summed E-state index contributed by atoms with van der Waals surface area (Å²) >= 11 is 5.10. The normalized spacial score (nSPS) is 11.8. The van der Waals surface area contributed by atoms with Crippen molar-refractivity contribution in [1.29, 1.82) is 0 Å². The SMILES string of the molecule is CC(C)NC(=O)[C@H](Cc1ccccc1)N(Cc1cccc(Br)c1)C(=O)CSCc1ccccc1. The van der Waals surface area contributed by atoms with E-state index in [-0.39, 0.29) is 17.9 Å². The van der Waals surface area contributed by atoms with Gasteiger partial charge in [0.1, 0.15) is 6.04 Å². The lowest BCUT2D eigenvalue weighted by molar-refractivity contribution is -0.139. The van der Waals surface area contributed by atoms with E-state index in [1.807, 2.05) is 86.6 Å². The van der Waals surface area contributed by atoms with Crippen molar-refractivity contribution in [1.82, 2.24) is 10.2 Å². The van der Waals surface area contributed by atoms with Crippen LogP contribution in [0.5, 0.6) is 0 Å². The molecule has 178 valence electrons. The van der Waals surface area contributed by atoms with Crippen LogP contribution in [0.25, 0.3) is 0 Å². The highest BCUT2D eigenvalue weighted by molar-refractivity contribution is 9.10. The molecule has 6 heteroatoms. The number of amides is 2. The summed E-state index contributed by atoms with van der Waals surface area (Å²) in [5.41, 5.74) is 3.18. The molecule has 0 aliphatic carbocycles. The maximum absolute atomic E-state index is 13.6. The number of halogens is 1. The van der Waals surface area contributed by atoms with Crippen LogP contribution >= 0.6 is 27.7 Å². The number of nitrogens with one attached hydrogen (secondary N) is 1. The molecular weight excluding hydrogens is 508 g/mol. The molecule has 3 aromatic rings. The summed E-state index contributed by atoms with van der Waals surface area (Å²) in [5, 5.41) is 3.03. The number of thioether (sulfide) groups is 1. The van der Waals surface area contributed by atoms with E-state index in [0.29, 0.717) is 18.7 Å². The third-order valence-electron chi connectivity index (χ3n) is 5.28. The fourth-order valence-electron chi connectivity index (χ4n) is 3.68. The minimum Gasteiger partial charge on any atom is -0.352 e. The number of rotatable bonds is 11. The van der Waals surface area contributed by atoms with Crippen molar-refractivity contribution in [3.8, 4) is 0 Å². The van der Waals surface area contributed by atoms with E-state index >= 15 is 0 Å². The minimum atomic E-state index is -0.603. The molecular formula is C28H31BrN2O2S. The summed E-state index contributed by atoms with van der Waals surface area (Å²) in [4.78, 5) is 28.6. The Balaban J connectivity index is 1.85. The Morgan fingerprint density at radius 3 is 2.12 bits per heavy atom. The lowest BCUT2D eigenvalue weighted by Crippen LogP contribution is -2.52. The maximum Gasteiger partial charge on any atom is 0.243 e. The van der Waals surface area contributed by atoms with Crippen LogP contribution in [-0.4, -0.2) is 34.6 Å². The molecule has 0 saturated carbocycles. The molecule has 0 heterocycles. The first kappa shape index (κ1) is 26.0. The van der Waals surface area contributed by atoms with Crippen LogP contribution < -0.4 is 5.32 Å². The van der Waals surface area contributed by atoms with Crippen molar-refractivity contribution in [3.63, 3.8) is 0 Å². The van der Waals surface area contributed by atoms with E-state index in [1.165, 1.54) is 5.56 Å². The number of hydrogen-bond donors (Lipinski definition) is 1. The fourth-order valence-corrected chi connectivity index (χ4v) is 5.00. The van der Waals surface area contributed by atoms with Crippen molar-refractivity contribution in [2.75, 3.05) is 5.75 Å². The van der Waals surface area contributed by atoms with Gasteiger partial charge in [-0.25, -0.2) is 0 Å². The van der Waals surface area contributed by atoms with Gasteiger partial charge in [-0.3, -0.25) is 9.59 Å². The quantitative estimate of drug-likeness (QED) is 0.333. The Kier molecular flexibility index (Phi) is 10.2. The molecule has 4 nitrogen and oxygen atoms in total. The van der Waals surface area contributed by atoms with E-state index in [9.17, 15) is 9.59 Å². The molecule has 34 heavy (non-hydrogen) atoms. The second kappa shape index (κ2) is 13.4. The van der Waals surface area contributed by atoms with Gasteiger partial charge in [0.05, 0.1) is 5.75 Å². The predicted octanol–water partition coefficient (Wildman–Crippen LogP) is 5.85. The summed E-state index contributed by atoms with van der Waals surface area (Å²) in [6.45, 7) is 4.24. The Morgan fingerprint density at radius 2 is 1.50 bits per heavy atom. The second-order valence-electron chi connectivity index (χ2n) is 8.50. The fraction of sp³-hybridized carbons (Fsp3) is 0.286. The zero-order valence-electron chi connectivity index (χ0n) is 19.6. The van der Waals surface area contributed by atoms with Crippen molar-refractivity contribution in [2.45, 2.75) is 44.6 Å². The molecule has 3 aromatic carbocycles. The van der Waals surface area contributed by atoms with Gasteiger partial charge in [0.25, 0.3) is 0 Å². The molecule has 2 amide bonds. The Bertz CT molecular complexity index is 1060. The highest BCUT2D eigenvalue weighted by Gasteiger charge is 2.30. The van der Waals surface area contributed by atoms with Crippen LogP contribution in [0.2, 0.25) is 0 Å². The van der Waals surface area contributed by atoms with Gasteiger partial charge in [-0.05, 0) is 42.7 Å². The molecule has 3 rings (SSSR count). The van der Waals surface area contributed by atoms with Crippen LogP contribution in [0.15, 0.2) is 89.4 Å². The van der Waals surface area contributed by atoms with Crippen LogP contribution in [0.3, 0.4) is 0 Å². The van der Waals surface area contributed by atoms with E-state index in [2.05, 4.69) is 33.4 Å².